The van der Waals surface area contributed by atoms with Crippen LogP contribution in [-0.4, -0.2) is 26.0 Å². The summed E-state index contributed by atoms with van der Waals surface area (Å²) in [6.07, 6.45) is 0.314. The summed E-state index contributed by atoms with van der Waals surface area (Å²) in [6, 6.07) is 8.24. The molecule has 0 saturated heterocycles. The average molecular weight is 310 g/mol. The van der Waals surface area contributed by atoms with Gasteiger partial charge in [-0.05, 0) is 31.0 Å². The topological polar surface area (TPSA) is 107 Å². The van der Waals surface area contributed by atoms with Crippen LogP contribution >= 0.6 is 0 Å². The molecule has 0 aliphatic carbocycles. The molecule has 1 atom stereocenters. The molecule has 1 aromatic carbocycles. The summed E-state index contributed by atoms with van der Waals surface area (Å²) in [5, 5.41) is 17.9. The van der Waals surface area contributed by atoms with Crippen LogP contribution in [0.3, 0.4) is 0 Å². The van der Waals surface area contributed by atoms with Crippen LogP contribution in [0.4, 0.5) is 0 Å². The van der Waals surface area contributed by atoms with Crippen molar-refractivity contribution in [3.63, 3.8) is 0 Å². The Kier molecular flexibility index (Phi) is 5.47. The molecule has 0 fully saturated rings. The molecule has 0 aliphatic rings. The fraction of sp³-hybridized carbons (Fsp3) is 0.429. The lowest BCUT2D eigenvalue weighted by Gasteiger charge is -2.23. The number of sulfonamides is 1. The van der Waals surface area contributed by atoms with E-state index in [9.17, 15) is 13.2 Å². The van der Waals surface area contributed by atoms with Gasteiger partial charge in [-0.25, -0.2) is 13.1 Å². The van der Waals surface area contributed by atoms with E-state index in [1.807, 2.05) is 6.07 Å². The van der Waals surface area contributed by atoms with E-state index in [0.717, 1.165) is 0 Å². The number of hydrogen-bond donors (Lipinski definition) is 2. The first-order valence-corrected chi connectivity index (χ1v) is 8.07. The van der Waals surface area contributed by atoms with Crippen molar-refractivity contribution in [3.05, 3.63) is 35.4 Å². The highest BCUT2D eigenvalue weighted by Crippen LogP contribution is 2.20. The van der Waals surface area contributed by atoms with Gasteiger partial charge < -0.3 is 5.11 Å². The molecule has 1 unspecified atom stereocenters. The van der Waals surface area contributed by atoms with Gasteiger partial charge in [0, 0.05) is 6.54 Å². The van der Waals surface area contributed by atoms with E-state index in [2.05, 4.69) is 4.72 Å². The minimum absolute atomic E-state index is 0.168. The third-order valence-corrected chi connectivity index (χ3v) is 4.69. The Bertz CT molecular complexity index is 664. The van der Waals surface area contributed by atoms with Crippen LogP contribution < -0.4 is 4.72 Å². The van der Waals surface area contributed by atoms with Crippen molar-refractivity contribution in [2.45, 2.75) is 26.0 Å². The molecule has 0 aliphatic heterocycles. The van der Waals surface area contributed by atoms with Gasteiger partial charge in [-0.1, -0.05) is 19.1 Å². The molecule has 1 rings (SSSR count). The molecule has 0 saturated carbocycles. The summed E-state index contributed by atoms with van der Waals surface area (Å²) in [5.41, 5.74) is -0.275. The zero-order chi connectivity index (χ0) is 16.1. The van der Waals surface area contributed by atoms with Crippen molar-refractivity contribution in [1.29, 1.82) is 5.26 Å². The van der Waals surface area contributed by atoms with Gasteiger partial charge in [-0.2, -0.15) is 5.26 Å². The molecule has 0 amide bonds. The Labute approximate surface area is 124 Å². The van der Waals surface area contributed by atoms with Gasteiger partial charge in [0.15, 0.2) is 0 Å². The van der Waals surface area contributed by atoms with Crippen molar-refractivity contribution in [1.82, 2.24) is 4.72 Å². The third kappa shape index (κ3) is 4.85. The molecular formula is C14H18N2O4S. The van der Waals surface area contributed by atoms with E-state index >= 15 is 0 Å². The first-order chi connectivity index (χ1) is 9.72. The highest BCUT2D eigenvalue weighted by Gasteiger charge is 2.32. The number of benzene rings is 1. The molecule has 21 heavy (non-hydrogen) atoms. The first kappa shape index (κ1) is 17.1. The quantitative estimate of drug-likeness (QED) is 0.793. The largest absolute Gasteiger partial charge is 0.481 e. The van der Waals surface area contributed by atoms with Gasteiger partial charge in [0.05, 0.1) is 22.8 Å². The number of carbonyl (C=O) groups is 1. The summed E-state index contributed by atoms with van der Waals surface area (Å²) in [7, 11) is -3.66. The minimum Gasteiger partial charge on any atom is -0.481 e. The molecule has 6 nitrogen and oxygen atoms in total. The van der Waals surface area contributed by atoms with Gasteiger partial charge >= 0.3 is 5.97 Å². The Balaban J connectivity index is 2.79. The summed E-state index contributed by atoms with van der Waals surface area (Å²) in [4.78, 5) is 11.1. The Hall–Kier alpha value is -1.91. The fourth-order valence-corrected chi connectivity index (χ4v) is 2.88. The Morgan fingerprint density at radius 2 is 2.14 bits per heavy atom. The normalized spacial score (nSPS) is 14.1. The third-order valence-electron chi connectivity index (χ3n) is 3.39. The van der Waals surface area contributed by atoms with E-state index in [4.69, 9.17) is 10.4 Å². The summed E-state index contributed by atoms with van der Waals surface area (Å²) in [6.45, 7) is 3.02. The molecule has 0 spiro atoms. The molecule has 0 radical (unpaired) electrons. The number of hydrogen-bond acceptors (Lipinski definition) is 4. The smallest absolute Gasteiger partial charge is 0.310 e. The molecule has 2 N–H and O–H groups in total. The van der Waals surface area contributed by atoms with E-state index in [1.54, 1.807) is 25.1 Å². The van der Waals surface area contributed by atoms with Gasteiger partial charge in [0.25, 0.3) is 0 Å². The highest BCUT2D eigenvalue weighted by atomic mass is 32.2. The number of carboxylic acid groups (broad SMARTS) is 1. The van der Waals surface area contributed by atoms with Crippen LogP contribution in [0.15, 0.2) is 24.3 Å². The number of nitriles is 1. The Morgan fingerprint density at radius 3 is 2.67 bits per heavy atom. The lowest BCUT2D eigenvalue weighted by molar-refractivity contribution is -0.147. The molecule has 114 valence electrons. The van der Waals surface area contributed by atoms with Crippen LogP contribution in [0.5, 0.6) is 0 Å². The van der Waals surface area contributed by atoms with Crippen LogP contribution in [0, 0.1) is 16.7 Å². The second-order valence-corrected chi connectivity index (χ2v) is 6.92. The van der Waals surface area contributed by atoms with E-state index in [-0.39, 0.29) is 12.3 Å². The van der Waals surface area contributed by atoms with Gasteiger partial charge in [-0.3, -0.25) is 4.79 Å². The summed E-state index contributed by atoms with van der Waals surface area (Å²) < 4.78 is 26.3. The fourth-order valence-electron chi connectivity index (χ4n) is 1.62. The molecule has 1 aromatic rings. The highest BCUT2D eigenvalue weighted by molar-refractivity contribution is 7.88. The van der Waals surface area contributed by atoms with Crippen LogP contribution in [-0.2, 0) is 20.6 Å². The molecule has 7 heteroatoms. The van der Waals surface area contributed by atoms with Crippen molar-refractivity contribution >= 4 is 16.0 Å². The molecule has 0 heterocycles. The van der Waals surface area contributed by atoms with Crippen molar-refractivity contribution < 1.29 is 18.3 Å². The van der Waals surface area contributed by atoms with Gasteiger partial charge in [0.2, 0.25) is 10.0 Å². The Morgan fingerprint density at radius 1 is 1.48 bits per heavy atom. The summed E-state index contributed by atoms with van der Waals surface area (Å²) in [5.74, 6) is -1.33. The van der Waals surface area contributed by atoms with Crippen molar-refractivity contribution in [2.75, 3.05) is 6.54 Å². The zero-order valence-electron chi connectivity index (χ0n) is 12.0. The van der Waals surface area contributed by atoms with E-state index in [1.165, 1.54) is 13.0 Å². The van der Waals surface area contributed by atoms with Crippen molar-refractivity contribution in [2.24, 2.45) is 5.41 Å². The van der Waals surface area contributed by atoms with Crippen LogP contribution in [0.1, 0.15) is 31.4 Å². The zero-order valence-corrected chi connectivity index (χ0v) is 12.8. The van der Waals surface area contributed by atoms with Crippen molar-refractivity contribution in [3.8, 4) is 6.07 Å². The number of nitrogens with zero attached hydrogens (tertiary/aromatic N) is 1. The predicted molar refractivity (Wildman–Crippen MR) is 77.8 cm³/mol. The van der Waals surface area contributed by atoms with E-state index in [0.29, 0.717) is 17.5 Å². The number of aliphatic carboxylic acids is 1. The van der Waals surface area contributed by atoms with Crippen LogP contribution in [0.2, 0.25) is 0 Å². The number of rotatable bonds is 7. The summed E-state index contributed by atoms with van der Waals surface area (Å²) >= 11 is 0. The maximum Gasteiger partial charge on any atom is 0.310 e. The lowest BCUT2D eigenvalue weighted by atomic mass is 9.88. The molecule has 0 aromatic heterocycles. The SMILES string of the molecule is CCC(C)(CNS(=O)(=O)Cc1cccc(C#N)c1)C(=O)O. The monoisotopic (exact) mass is 310 g/mol. The predicted octanol–water partition coefficient (Wildman–Crippen LogP) is 1.48. The second-order valence-electron chi connectivity index (χ2n) is 5.11. The number of nitrogens with one attached hydrogen (secondary N) is 1. The lowest BCUT2D eigenvalue weighted by Crippen LogP contribution is -2.40. The van der Waals surface area contributed by atoms with Gasteiger partial charge in [-0.15, -0.1) is 0 Å². The maximum atomic E-state index is 12.0. The first-order valence-electron chi connectivity index (χ1n) is 6.42. The average Bonchev–Trinajstić information content (AvgIpc) is 2.44. The van der Waals surface area contributed by atoms with E-state index < -0.39 is 21.4 Å². The molecule has 0 bridgehead atoms. The second kappa shape index (κ2) is 6.70. The number of carboxylic acids is 1. The van der Waals surface area contributed by atoms with Crippen LogP contribution in [0.25, 0.3) is 0 Å². The van der Waals surface area contributed by atoms with Gasteiger partial charge in [0.1, 0.15) is 0 Å². The standard InChI is InChI=1S/C14H18N2O4S/c1-3-14(2,13(17)18)10-16-21(19,20)9-12-6-4-5-11(7-12)8-15/h4-7,16H,3,9-10H2,1-2H3,(H,17,18). The maximum absolute atomic E-state index is 12.0. The minimum atomic E-state index is -3.66. The molecular weight excluding hydrogens is 292 g/mol.